The van der Waals surface area contributed by atoms with Crippen molar-refractivity contribution in [1.29, 1.82) is 0 Å². The Morgan fingerprint density at radius 1 is 1.17 bits per heavy atom. The van der Waals surface area contributed by atoms with Gasteiger partial charge < -0.3 is 15.0 Å². The van der Waals surface area contributed by atoms with Gasteiger partial charge in [0.25, 0.3) is 0 Å². The van der Waals surface area contributed by atoms with Crippen molar-refractivity contribution in [3.63, 3.8) is 0 Å². The van der Waals surface area contributed by atoms with Crippen molar-refractivity contribution >= 4 is 5.69 Å². The Kier molecular flexibility index (Phi) is 1.68. The van der Waals surface area contributed by atoms with Gasteiger partial charge >= 0.3 is 0 Å². The molecule has 3 heteroatoms. The summed E-state index contributed by atoms with van der Waals surface area (Å²) in [6.07, 6.45) is 0. The van der Waals surface area contributed by atoms with Crippen molar-refractivity contribution in [3.8, 4) is 0 Å². The van der Waals surface area contributed by atoms with Crippen LogP contribution >= 0.6 is 0 Å². The number of fused-ring (bicyclic) bond motifs is 1. The molecule has 2 bridgehead atoms. The molecule has 0 aromatic heterocycles. The maximum Gasteiger partial charge on any atom is 0.0642 e. The second-order valence-corrected chi connectivity index (χ2v) is 6.12. The molecule has 5 aliphatic rings. The third-order valence-electron chi connectivity index (χ3n) is 5.49. The number of anilines is 1. The number of ether oxygens (including phenoxy) is 1. The van der Waals surface area contributed by atoms with Gasteiger partial charge in [-0.3, -0.25) is 0 Å². The molecule has 18 heavy (non-hydrogen) atoms. The van der Waals surface area contributed by atoms with E-state index in [0.717, 1.165) is 44.2 Å². The molecule has 3 saturated heterocycles. The van der Waals surface area contributed by atoms with Crippen LogP contribution in [0.2, 0.25) is 0 Å². The predicted octanol–water partition coefficient (Wildman–Crippen LogP) is 0.992. The summed E-state index contributed by atoms with van der Waals surface area (Å²) in [5, 5.41) is 3.66. The summed E-state index contributed by atoms with van der Waals surface area (Å²) in [5.41, 5.74) is 3.58. The van der Waals surface area contributed by atoms with Gasteiger partial charge in [0.1, 0.15) is 0 Å². The SMILES string of the molecule is c1ccc(C23CNC4C2C43)c(N2CCOCC2)c1. The first-order valence-corrected chi connectivity index (χ1v) is 7.08. The minimum Gasteiger partial charge on any atom is -0.378 e. The van der Waals surface area contributed by atoms with Crippen LogP contribution in [0.3, 0.4) is 0 Å². The number of hydrogen-bond acceptors (Lipinski definition) is 3. The van der Waals surface area contributed by atoms with E-state index in [1.165, 1.54) is 12.2 Å². The first-order chi connectivity index (χ1) is 8.93. The summed E-state index contributed by atoms with van der Waals surface area (Å²) in [4.78, 5) is 2.51. The van der Waals surface area contributed by atoms with Gasteiger partial charge in [-0.25, -0.2) is 0 Å². The maximum atomic E-state index is 5.47. The number of benzene rings is 1. The zero-order chi connectivity index (χ0) is 11.7. The number of nitrogens with zero attached hydrogens (tertiary/aromatic N) is 1. The van der Waals surface area contributed by atoms with E-state index < -0.39 is 0 Å². The standard InChI is InChI=1S/C15H18N2O/c1-2-4-11(17-5-7-18-8-6-17)10(3-1)15-9-16-14-12(15)13(14)15/h1-4,12-14,16H,5-9H2. The van der Waals surface area contributed by atoms with Crippen molar-refractivity contribution in [2.45, 2.75) is 11.5 Å². The van der Waals surface area contributed by atoms with Crippen molar-refractivity contribution in [2.24, 2.45) is 11.8 Å². The molecule has 1 N–H and O–H groups in total. The molecule has 6 rings (SSSR count). The van der Waals surface area contributed by atoms with Crippen molar-refractivity contribution in [3.05, 3.63) is 29.8 Å². The summed E-state index contributed by atoms with van der Waals surface area (Å²) in [6.45, 7) is 5.02. The molecule has 3 aliphatic heterocycles. The minimum absolute atomic E-state index is 0.513. The highest BCUT2D eigenvalue weighted by atomic mass is 16.5. The molecule has 0 spiro atoms. The Morgan fingerprint density at radius 2 is 1.94 bits per heavy atom. The minimum atomic E-state index is 0.513. The first kappa shape index (κ1) is 9.82. The van der Waals surface area contributed by atoms with Crippen LogP contribution in [0.25, 0.3) is 0 Å². The average Bonchev–Trinajstić information content (AvgIpc) is 3.24. The Labute approximate surface area is 107 Å². The Morgan fingerprint density at radius 3 is 2.67 bits per heavy atom. The lowest BCUT2D eigenvalue weighted by Gasteiger charge is -2.33. The number of hydrogen-bond donors (Lipinski definition) is 1. The fourth-order valence-electron chi connectivity index (χ4n) is 4.51. The van der Waals surface area contributed by atoms with E-state index in [4.69, 9.17) is 4.74 Å². The van der Waals surface area contributed by atoms with Gasteiger partial charge in [-0.15, -0.1) is 0 Å². The second kappa shape index (κ2) is 3.09. The van der Waals surface area contributed by atoms with Crippen LogP contribution in [0, 0.1) is 11.8 Å². The third kappa shape index (κ3) is 0.998. The summed E-state index contributed by atoms with van der Waals surface area (Å²) in [5.74, 6) is 1.92. The monoisotopic (exact) mass is 242 g/mol. The first-order valence-electron chi connectivity index (χ1n) is 7.08. The van der Waals surface area contributed by atoms with E-state index in [1.807, 2.05) is 0 Å². The Hall–Kier alpha value is -1.06. The van der Waals surface area contributed by atoms with E-state index in [2.05, 4.69) is 34.5 Å². The number of piperidine rings is 1. The largest absolute Gasteiger partial charge is 0.378 e. The number of morpholine rings is 1. The maximum absolute atomic E-state index is 5.47. The predicted molar refractivity (Wildman–Crippen MR) is 69.9 cm³/mol. The molecule has 3 nitrogen and oxygen atoms in total. The van der Waals surface area contributed by atoms with Crippen molar-refractivity contribution in [2.75, 3.05) is 37.7 Å². The highest BCUT2D eigenvalue weighted by Crippen LogP contribution is 2.81. The number of nitrogens with one attached hydrogen (secondary N) is 1. The van der Waals surface area contributed by atoms with Crippen LogP contribution in [-0.4, -0.2) is 38.9 Å². The zero-order valence-corrected chi connectivity index (χ0v) is 10.4. The number of rotatable bonds is 2. The fraction of sp³-hybridized carbons (Fsp3) is 0.600. The van der Waals surface area contributed by atoms with E-state index in [9.17, 15) is 0 Å². The lowest BCUT2D eigenvalue weighted by molar-refractivity contribution is 0.122. The van der Waals surface area contributed by atoms with Crippen LogP contribution in [0.5, 0.6) is 0 Å². The van der Waals surface area contributed by atoms with Gasteiger partial charge in [0.15, 0.2) is 0 Å². The molecule has 1 aromatic rings. The molecule has 5 fully saturated rings. The Bertz CT molecular complexity index is 499. The molecule has 2 aliphatic carbocycles. The molecule has 0 radical (unpaired) electrons. The average molecular weight is 242 g/mol. The van der Waals surface area contributed by atoms with Crippen LogP contribution in [0.15, 0.2) is 24.3 Å². The molecular formula is C15H18N2O. The molecule has 0 amide bonds. The lowest BCUT2D eigenvalue weighted by atomic mass is 9.86. The van der Waals surface area contributed by atoms with Gasteiger partial charge in [-0.1, -0.05) is 18.2 Å². The summed E-state index contributed by atoms with van der Waals surface area (Å²) < 4.78 is 5.47. The lowest BCUT2D eigenvalue weighted by Crippen LogP contribution is -2.37. The molecule has 94 valence electrons. The van der Waals surface area contributed by atoms with E-state index in [1.54, 1.807) is 5.56 Å². The van der Waals surface area contributed by atoms with Crippen LogP contribution in [0.1, 0.15) is 5.56 Å². The molecule has 2 atom stereocenters. The normalized spacial score (nSPS) is 43.8. The molecule has 2 saturated carbocycles. The highest BCUT2D eigenvalue weighted by Gasteiger charge is 2.88. The summed E-state index contributed by atoms with van der Waals surface area (Å²) in [6, 6.07) is 9.92. The van der Waals surface area contributed by atoms with E-state index >= 15 is 0 Å². The third-order valence-corrected chi connectivity index (χ3v) is 5.49. The summed E-state index contributed by atoms with van der Waals surface area (Å²) >= 11 is 0. The summed E-state index contributed by atoms with van der Waals surface area (Å²) in [7, 11) is 0. The Balaban J connectivity index is 1.55. The molecule has 3 heterocycles. The second-order valence-electron chi connectivity index (χ2n) is 6.12. The molecule has 2 unspecified atom stereocenters. The van der Waals surface area contributed by atoms with Crippen LogP contribution < -0.4 is 10.2 Å². The van der Waals surface area contributed by atoms with Crippen LogP contribution in [0.4, 0.5) is 5.69 Å². The number of para-hydroxylation sites is 1. The van der Waals surface area contributed by atoms with Gasteiger partial charge in [-0.05, 0) is 23.5 Å². The van der Waals surface area contributed by atoms with Gasteiger partial charge in [-0.2, -0.15) is 0 Å². The van der Waals surface area contributed by atoms with E-state index in [-0.39, 0.29) is 0 Å². The van der Waals surface area contributed by atoms with Crippen LogP contribution in [-0.2, 0) is 10.2 Å². The fourth-order valence-corrected chi connectivity index (χ4v) is 4.51. The van der Waals surface area contributed by atoms with E-state index in [0.29, 0.717) is 5.41 Å². The molecule has 1 aromatic carbocycles. The zero-order valence-electron chi connectivity index (χ0n) is 10.4. The molecular weight excluding hydrogens is 224 g/mol. The van der Waals surface area contributed by atoms with Gasteiger partial charge in [0.2, 0.25) is 0 Å². The smallest absolute Gasteiger partial charge is 0.0642 e. The highest BCUT2D eigenvalue weighted by molar-refractivity contribution is 5.65. The van der Waals surface area contributed by atoms with Gasteiger partial charge in [0, 0.05) is 36.8 Å². The quantitative estimate of drug-likeness (QED) is 0.837. The topological polar surface area (TPSA) is 24.5 Å². The van der Waals surface area contributed by atoms with Crippen molar-refractivity contribution < 1.29 is 4.74 Å². The van der Waals surface area contributed by atoms with Crippen molar-refractivity contribution in [1.82, 2.24) is 5.32 Å². The van der Waals surface area contributed by atoms with Gasteiger partial charge in [0.05, 0.1) is 13.2 Å².